The molecule has 2 aromatic heterocycles. The minimum atomic E-state index is -0.418. The van der Waals surface area contributed by atoms with Crippen molar-refractivity contribution in [1.29, 1.82) is 0 Å². The van der Waals surface area contributed by atoms with Gasteiger partial charge in [0.2, 0.25) is 0 Å². The Bertz CT molecular complexity index is 592. The van der Waals surface area contributed by atoms with Crippen molar-refractivity contribution in [2.45, 2.75) is 32.0 Å². The van der Waals surface area contributed by atoms with Crippen molar-refractivity contribution in [2.24, 2.45) is 5.84 Å². The van der Waals surface area contributed by atoms with Crippen LogP contribution in [0, 0.1) is 0 Å². The van der Waals surface area contributed by atoms with E-state index in [2.05, 4.69) is 38.2 Å². The van der Waals surface area contributed by atoms with Gasteiger partial charge in [0, 0.05) is 24.0 Å². The summed E-state index contributed by atoms with van der Waals surface area (Å²) in [5.41, 5.74) is 2.30. The molecule has 1 aliphatic rings. The van der Waals surface area contributed by atoms with E-state index in [0.29, 0.717) is 12.6 Å². The van der Waals surface area contributed by atoms with E-state index in [9.17, 15) is 4.79 Å². The highest BCUT2D eigenvalue weighted by atomic mass is 32.1. The monoisotopic (exact) mass is 306 g/mol. The molecule has 0 saturated heterocycles. The van der Waals surface area contributed by atoms with Crippen molar-refractivity contribution < 1.29 is 4.79 Å². The van der Waals surface area contributed by atoms with Crippen LogP contribution in [0.4, 0.5) is 0 Å². The van der Waals surface area contributed by atoms with Gasteiger partial charge in [0.15, 0.2) is 5.69 Å². The molecule has 1 saturated carbocycles. The van der Waals surface area contributed by atoms with E-state index in [0.717, 1.165) is 13.1 Å². The van der Waals surface area contributed by atoms with Crippen molar-refractivity contribution in [3.8, 4) is 0 Å². The molecular formula is C13H18N6OS. The third-order valence-electron chi connectivity index (χ3n) is 3.52. The molecule has 1 aliphatic carbocycles. The van der Waals surface area contributed by atoms with Crippen molar-refractivity contribution in [1.82, 2.24) is 25.3 Å². The van der Waals surface area contributed by atoms with Gasteiger partial charge in [-0.1, -0.05) is 11.3 Å². The first-order chi connectivity index (χ1) is 10.3. The zero-order chi connectivity index (χ0) is 14.7. The van der Waals surface area contributed by atoms with Crippen molar-refractivity contribution in [3.05, 3.63) is 34.3 Å². The summed E-state index contributed by atoms with van der Waals surface area (Å²) in [6.07, 6.45) is 4.16. The van der Waals surface area contributed by atoms with Gasteiger partial charge in [-0.15, -0.1) is 16.4 Å². The first-order valence-corrected chi connectivity index (χ1v) is 7.82. The second-order valence-electron chi connectivity index (χ2n) is 5.12. The topological polar surface area (TPSA) is 89.1 Å². The molecule has 0 unspecified atom stereocenters. The van der Waals surface area contributed by atoms with Gasteiger partial charge in [-0.05, 0) is 24.3 Å². The molecule has 0 spiro atoms. The lowest BCUT2D eigenvalue weighted by atomic mass is 10.4. The molecule has 2 aromatic rings. The van der Waals surface area contributed by atoms with Crippen LogP contribution in [0.3, 0.4) is 0 Å². The largest absolute Gasteiger partial charge is 0.293 e. The summed E-state index contributed by atoms with van der Waals surface area (Å²) >= 11 is 1.79. The lowest BCUT2D eigenvalue weighted by molar-refractivity contribution is 0.0948. The molecule has 0 atom stereocenters. The molecule has 112 valence electrons. The molecule has 0 aliphatic heterocycles. The van der Waals surface area contributed by atoms with Crippen molar-refractivity contribution in [3.63, 3.8) is 0 Å². The number of hydrazine groups is 1. The highest BCUT2D eigenvalue weighted by molar-refractivity contribution is 7.09. The predicted molar refractivity (Wildman–Crippen MR) is 79.4 cm³/mol. The van der Waals surface area contributed by atoms with Gasteiger partial charge in [-0.2, -0.15) is 0 Å². The van der Waals surface area contributed by atoms with E-state index in [-0.39, 0.29) is 5.69 Å². The van der Waals surface area contributed by atoms with E-state index in [1.54, 1.807) is 22.2 Å². The number of hydrogen-bond acceptors (Lipinski definition) is 6. The van der Waals surface area contributed by atoms with Crippen LogP contribution < -0.4 is 11.3 Å². The molecule has 0 aromatic carbocycles. The second kappa shape index (κ2) is 6.33. The molecule has 1 fully saturated rings. The number of aromatic nitrogens is 3. The Morgan fingerprint density at radius 2 is 2.43 bits per heavy atom. The van der Waals surface area contributed by atoms with Gasteiger partial charge in [0.1, 0.15) is 0 Å². The van der Waals surface area contributed by atoms with Crippen LogP contribution in [0.25, 0.3) is 0 Å². The first-order valence-electron chi connectivity index (χ1n) is 6.94. The zero-order valence-electron chi connectivity index (χ0n) is 11.6. The Morgan fingerprint density at radius 3 is 3.10 bits per heavy atom. The number of thiophene rings is 1. The number of nitrogen functional groups attached to an aromatic ring is 1. The van der Waals surface area contributed by atoms with Gasteiger partial charge >= 0.3 is 0 Å². The summed E-state index contributed by atoms with van der Waals surface area (Å²) in [4.78, 5) is 15.2. The molecule has 7 nitrogen and oxygen atoms in total. The summed E-state index contributed by atoms with van der Waals surface area (Å²) in [7, 11) is 0. The fourth-order valence-electron chi connectivity index (χ4n) is 2.25. The first kappa shape index (κ1) is 14.2. The van der Waals surface area contributed by atoms with Gasteiger partial charge in [0.25, 0.3) is 5.91 Å². The molecule has 0 radical (unpaired) electrons. The Balaban J connectivity index is 1.56. The smallest absolute Gasteiger partial charge is 0.287 e. The maximum atomic E-state index is 11.3. The molecule has 2 heterocycles. The average molecular weight is 306 g/mol. The van der Waals surface area contributed by atoms with Crippen molar-refractivity contribution >= 4 is 17.2 Å². The quantitative estimate of drug-likeness (QED) is 0.444. The number of nitrogens with two attached hydrogens (primary N) is 1. The van der Waals surface area contributed by atoms with Gasteiger partial charge in [-0.3, -0.25) is 19.8 Å². The molecule has 1 amide bonds. The minimum absolute atomic E-state index is 0.244. The maximum Gasteiger partial charge on any atom is 0.287 e. The molecular weight excluding hydrogens is 288 g/mol. The highest BCUT2D eigenvalue weighted by Crippen LogP contribution is 2.28. The lowest BCUT2D eigenvalue weighted by Crippen LogP contribution is -2.30. The molecule has 3 N–H and O–H groups in total. The van der Waals surface area contributed by atoms with E-state index in [1.807, 2.05) is 0 Å². The number of hydrogen-bond donors (Lipinski definition) is 2. The Hall–Kier alpha value is -1.77. The number of amides is 1. The third-order valence-corrected chi connectivity index (χ3v) is 4.38. The van der Waals surface area contributed by atoms with Crippen LogP contribution >= 0.6 is 11.3 Å². The third kappa shape index (κ3) is 3.66. The van der Waals surface area contributed by atoms with Crippen LogP contribution in [0.5, 0.6) is 0 Å². The Kier molecular flexibility index (Phi) is 4.28. The van der Waals surface area contributed by atoms with E-state index in [1.165, 1.54) is 17.7 Å². The number of rotatable bonds is 7. The van der Waals surface area contributed by atoms with Gasteiger partial charge in [0.05, 0.1) is 12.7 Å². The normalized spacial score (nSPS) is 14.6. The fraction of sp³-hybridized carbons (Fsp3) is 0.462. The number of carbonyl (C=O) groups excluding carboxylic acids is 1. The molecule has 8 heteroatoms. The van der Waals surface area contributed by atoms with Crippen LogP contribution in [0.1, 0.15) is 28.2 Å². The second-order valence-corrected chi connectivity index (χ2v) is 6.15. The van der Waals surface area contributed by atoms with E-state index in [4.69, 9.17) is 5.84 Å². The Labute approximate surface area is 126 Å². The van der Waals surface area contributed by atoms with Crippen LogP contribution in [-0.2, 0) is 13.1 Å². The molecule has 0 bridgehead atoms. The number of nitrogens with zero attached hydrogens (tertiary/aromatic N) is 4. The van der Waals surface area contributed by atoms with Crippen LogP contribution in [0.2, 0.25) is 0 Å². The number of carbonyl (C=O) groups is 1. The minimum Gasteiger partial charge on any atom is -0.293 e. The lowest BCUT2D eigenvalue weighted by Gasteiger charge is -2.20. The Morgan fingerprint density at radius 1 is 1.57 bits per heavy atom. The summed E-state index contributed by atoms with van der Waals surface area (Å²) in [6.45, 7) is 2.59. The summed E-state index contributed by atoms with van der Waals surface area (Å²) in [5, 5.41) is 9.87. The molecule has 3 rings (SSSR count). The van der Waals surface area contributed by atoms with Crippen LogP contribution in [-0.4, -0.2) is 38.4 Å². The average Bonchev–Trinajstić information content (AvgIpc) is 3.02. The molecule has 21 heavy (non-hydrogen) atoms. The fourth-order valence-corrected chi connectivity index (χ4v) is 2.98. The SMILES string of the molecule is NNC(=O)c1cn(CCN(Cc2cccs2)C2CC2)nn1. The zero-order valence-corrected chi connectivity index (χ0v) is 12.4. The number of nitrogens with one attached hydrogen (secondary N) is 1. The summed E-state index contributed by atoms with van der Waals surface area (Å²) in [6, 6.07) is 4.93. The van der Waals surface area contributed by atoms with E-state index < -0.39 is 5.91 Å². The van der Waals surface area contributed by atoms with Gasteiger partial charge in [-0.25, -0.2) is 5.84 Å². The van der Waals surface area contributed by atoms with Crippen molar-refractivity contribution in [2.75, 3.05) is 6.54 Å². The van der Waals surface area contributed by atoms with Gasteiger partial charge < -0.3 is 0 Å². The predicted octanol–water partition coefficient (Wildman–Crippen LogP) is 0.608. The summed E-state index contributed by atoms with van der Waals surface area (Å²) < 4.78 is 1.69. The van der Waals surface area contributed by atoms with Crippen LogP contribution in [0.15, 0.2) is 23.7 Å². The highest BCUT2D eigenvalue weighted by Gasteiger charge is 2.28. The summed E-state index contributed by atoms with van der Waals surface area (Å²) in [5.74, 6) is 4.66. The maximum absolute atomic E-state index is 11.3. The van der Waals surface area contributed by atoms with E-state index >= 15 is 0 Å². The standard InChI is InChI=1S/C13H18N6OS/c14-15-13(20)12-9-19(17-16-12)6-5-18(10-3-4-10)8-11-2-1-7-21-11/h1-2,7,9-10H,3-6,8,14H2,(H,15,20).